The zero-order valence-electron chi connectivity index (χ0n) is 9.74. The van der Waals surface area contributed by atoms with E-state index >= 15 is 0 Å². The van der Waals surface area contributed by atoms with Crippen molar-refractivity contribution in [2.75, 3.05) is 14.2 Å². The van der Waals surface area contributed by atoms with Crippen LogP contribution in [0.4, 0.5) is 4.39 Å². The summed E-state index contributed by atoms with van der Waals surface area (Å²) in [6.07, 6.45) is -0.557. The van der Waals surface area contributed by atoms with Gasteiger partial charge in [0.1, 0.15) is 0 Å². The summed E-state index contributed by atoms with van der Waals surface area (Å²) >= 11 is 0. The highest BCUT2D eigenvalue weighted by Gasteiger charge is 2.14. The number of hydrogen-bond donors (Lipinski definition) is 1. The van der Waals surface area contributed by atoms with Crippen molar-refractivity contribution in [2.45, 2.75) is 25.6 Å². The first-order valence-electron chi connectivity index (χ1n) is 5.11. The third kappa shape index (κ3) is 3.18. The molecule has 0 bridgehead atoms. The molecule has 90 valence electrons. The van der Waals surface area contributed by atoms with E-state index in [9.17, 15) is 9.50 Å². The zero-order valence-corrected chi connectivity index (χ0v) is 9.74. The molecule has 0 amide bonds. The van der Waals surface area contributed by atoms with Crippen molar-refractivity contribution in [1.82, 2.24) is 0 Å². The molecule has 4 heteroatoms. The summed E-state index contributed by atoms with van der Waals surface area (Å²) in [6.45, 7) is 1.77. The molecule has 16 heavy (non-hydrogen) atoms. The number of methoxy groups -OCH3 is 2. The van der Waals surface area contributed by atoms with Crippen LogP contribution in [0.3, 0.4) is 0 Å². The van der Waals surface area contributed by atoms with Crippen LogP contribution in [0, 0.1) is 5.82 Å². The van der Waals surface area contributed by atoms with E-state index in [2.05, 4.69) is 0 Å². The van der Waals surface area contributed by atoms with E-state index in [1.807, 2.05) is 0 Å². The number of benzene rings is 1. The Balaban J connectivity index is 2.71. The summed E-state index contributed by atoms with van der Waals surface area (Å²) in [5, 5.41) is 9.71. The minimum atomic E-state index is -0.641. The summed E-state index contributed by atoms with van der Waals surface area (Å²) in [7, 11) is 2.95. The van der Waals surface area contributed by atoms with Gasteiger partial charge in [-0.15, -0.1) is 0 Å². The first-order chi connectivity index (χ1) is 7.58. The first-order valence-corrected chi connectivity index (χ1v) is 5.11. The second-order valence-electron chi connectivity index (χ2n) is 3.68. The molecule has 0 spiro atoms. The largest absolute Gasteiger partial charge is 0.494 e. The SMILES string of the molecule is COc1ccc(CC(O)C(C)OC)cc1F. The molecule has 0 aliphatic rings. The van der Waals surface area contributed by atoms with Gasteiger partial charge in [0.2, 0.25) is 0 Å². The van der Waals surface area contributed by atoms with Gasteiger partial charge < -0.3 is 14.6 Å². The van der Waals surface area contributed by atoms with Gasteiger partial charge in [0.05, 0.1) is 19.3 Å². The Morgan fingerprint density at radius 3 is 2.56 bits per heavy atom. The Bertz CT molecular complexity index is 341. The van der Waals surface area contributed by atoms with E-state index in [1.54, 1.807) is 19.1 Å². The second-order valence-corrected chi connectivity index (χ2v) is 3.68. The Morgan fingerprint density at radius 2 is 2.06 bits per heavy atom. The fourth-order valence-corrected chi connectivity index (χ4v) is 1.40. The Kier molecular flexibility index (Phi) is 4.71. The quantitative estimate of drug-likeness (QED) is 0.834. The molecule has 1 aromatic carbocycles. The maximum atomic E-state index is 13.3. The summed E-state index contributed by atoms with van der Waals surface area (Å²) in [4.78, 5) is 0. The van der Waals surface area contributed by atoms with Crippen molar-refractivity contribution in [2.24, 2.45) is 0 Å². The monoisotopic (exact) mass is 228 g/mol. The standard InChI is InChI=1S/C12H17FO3/c1-8(15-2)11(14)7-9-4-5-12(16-3)10(13)6-9/h4-6,8,11,14H,7H2,1-3H3. The van der Waals surface area contributed by atoms with Crippen molar-refractivity contribution in [3.05, 3.63) is 29.6 Å². The van der Waals surface area contributed by atoms with Crippen molar-refractivity contribution in [1.29, 1.82) is 0 Å². The van der Waals surface area contributed by atoms with Gasteiger partial charge in [-0.1, -0.05) is 6.07 Å². The van der Waals surface area contributed by atoms with Gasteiger partial charge in [-0.2, -0.15) is 0 Å². The molecule has 0 saturated carbocycles. The molecule has 0 radical (unpaired) electrons. The average molecular weight is 228 g/mol. The molecule has 2 unspecified atom stereocenters. The third-order valence-electron chi connectivity index (χ3n) is 2.57. The van der Waals surface area contributed by atoms with E-state index in [4.69, 9.17) is 9.47 Å². The van der Waals surface area contributed by atoms with E-state index in [1.165, 1.54) is 20.3 Å². The van der Waals surface area contributed by atoms with Crippen LogP contribution in [0.1, 0.15) is 12.5 Å². The lowest BCUT2D eigenvalue weighted by Crippen LogP contribution is -2.26. The van der Waals surface area contributed by atoms with Crippen LogP contribution in [-0.4, -0.2) is 31.5 Å². The van der Waals surface area contributed by atoms with Crippen molar-refractivity contribution < 1.29 is 19.0 Å². The van der Waals surface area contributed by atoms with Crippen LogP contribution in [0.5, 0.6) is 5.75 Å². The summed E-state index contributed by atoms with van der Waals surface area (Å²) < 4.78 is 23.1. The van der Waals surface area contributed by atoms with Crippen LogP contribution in [0.15, 0.2) is 18.2 Å². The molecule has 2 atom stereocenters. The molecule has 0 aliphatic heterocycles. The summed E-state index contributed by atoms with van der Waals surface area (Å²) in [5.41, 5.74) is 0.717. The van der Waals surface area contributed by atoms with Crippen LogP contribution in [0.2, 0.25) is 0 Å². The minimum absolute atomic E-state index is 0.207. The molecule has 0 aromatic heterocycles. The lowest BCUT2D eigenvalue weighted by molar-refractivity contribution is 0.000374. The molecular weight excluding hydrogens is 211 g/mol. The first kappa shape index (κ1) is 12.9. The van der Waals surface area contributed by atoms with E-state index < -0.39 is 11.9 Å². The van der Waals surface area contributed by atoms with E-state index in [-0.39, 0.29) is 11.9 Å². The minimum Gasteiger partial charge on any atom is -0.494 e. The highest BCUT2D eigenvalue weighted by molar-refractivity contribution is 5.29. The molecular formula is C12H17FO3. The Morgan fingerprint density at radius 1 is 1.38 bits per heavy atom. The van der Waals surface area contributed by atoms with Gasteiger partial charge in [0, 0.05) is 13.5 Å². The van der Waals surface area contributed by atoms with Gasteiger partial charge in [-0.05, 0) is 24.6 Å². The molecule has 1 N–H and O–H groups in total. The molecule has 0 heterocycles. The second kappa shape index (κ2) is 5.82. The van der Waals surface area contributed by atoms with E-state index in [0.29, 0.717) is 6.42 Å². The Hall–Kier alpha value is -1.13. The fraction of sp³-hybridized carbons (Fsp3) is 0.500. The summed E-state index contributed by atoms with van der Waals surface area (Å²) in [5.74, 6) is -0.213. The number of aliphatic hydroxyl groups excluding tert-OH is 1. The smallest absolute Gasteiger partial charge is 0.165 e. The molecule has 3 nitrogen and oxygen atoms in total. The maximum Gasteiger partial charge on any atom is 0.165 e. The third-order valence-corrected chi connectivity index (χ3v) is 2.57. The fourth-order valence-electron chi connectivity index (χ4n) is 1.40. The lowest BCUT2D eigenvalue weighted by Gasteiger charge is -2.17. The molecule has 0 saturated heterocycles. The van der Waals surface area contributed by atoms with Gasteiger partial charge in [-0.3, -0.25) is 0 Å². The van der Waals surface area contributed by atoms with Crippen molar-refractivity contribution in [3.63, 3.8) is 0 Å². The van der Waals surface area contributed by atoms with Crippen LogP contribution < -0.4 is 4.74 Å². The molecule has 0 aliphatic carbocycles. The van der Waals surface area contributed by atoms with Gasteiger partial charge in [-0.25, -0.2) is 4.39 Å². The lowest BCUT2D eigenvalue weighted by atomic mass is 10.0. The number of rotatable bonds is 5. The maximum absolute atomic E-state index is 13.3. The predicted molar refractivity (Wildman–Crippen MR) is 59.1 cm³/mol. The Labute approximate surface area is 94.8 Å². The van der Waals surface area contributed by atoms with Crippen LogP contribution >= 0.6 is 0 Å². The van der Waals surface area contributed by atoms with Crippen molar-refractivity contribution in [3.8, 4) is 5.75 Å². The van der Waals surface area contributed by atoms with Gasteiger partial charge >= 0.3 is 0 Å². The molecule has 0 fully saturated rings. The van der Waals surface area contributed by atoms with Gasteiger partial charge in [0.15, 0.2) is 11.6 Å². The van der Waals surface area contributed by atoms with E-state index in [0.717, 1.165) is 5.56 Å². The highest BCUT2D eigenvalue weighted by Crippen LogP contribution is 2.19. The zero-order chi connectivity index (χ0) is 12.1. The average Bonchev–Trinajstić information content (AvgIpc) is 2.28. The number of halogens is 1. The topological polar surface area (TPSA) is 38.7 Å². The normalized spacial score (nSPS) is 14.6. The number of ether oxygens (including phenoxy) is 2. The van der Waals surface area contributed by atoms with Crippen LogP contribution in [0.25, 0.3) is 0 Å². The molecule has 1 rings (SSSR count). The van der Waals surface area contributed by atoms with Crippen molar-refractivity contribution >= 4 is 0 Å². The predicted octanol–water partition coefficient (Wildman–Crippen LogP) is 1.77. The number of aliphatic hydroxyl groups is 1. The molecule has 1 aromatic rings. The number of hydrogen-bond acceptors (Lipinski definition) is 3. The van der Waals surface area contributed by atoms with Crippen LogP contribution in [-0.2, 0) is 11.2 Å². The summed E-state index contributed by atoms with van der Waals surface area (Å²) in [6, 6.07) is 4.65. The van der Waals surface area contributed by atoms with Gasteiger partial charge in [0.25, 0.3) is 0 Å². The highest BCUT2D eigenvalue weighted by atomic mass is 19.1.